The molecule has 0 spiro atoms. The minimum Gasteiger partial charge on any atom is -0.507 e. The number of pyridine rings is 2. The molecule has 0 saturated heterocycles. The lowest BCUT2D eigenvalue weighted by Crippen LogP contribution is -2.11. The van der Waals surface area contributed by atoms with Gasteiger partial charge in [-0.3, -0.25) is 4.90 Å². The maximum absolute atomic E-state index is 10.5. The lowest BCUT2D eigenvalue weighted by atomic mass is 9.97. The molecule has 39 heavy (non-hydrogen) atoms. The smallest absolute Gasteiger partial charge is 0.137 e. The Bertz CT molecular complexity index is 1650. The molecule has 6 rings (SSSR count). The van der Waals surface area contributed by atoms with Gasteiger partial charge in [-0.2, -0.15) is 0 Å². The van der Waals surface area contributed by atoms with Gasteiger partial charge >= 0.3 is 0 Å². The molecule has 1 N–H and O–H groups in total. The largest absolute Gasteiger partial charge is 0.507 e. The number of nitrogens with zero attached hydrogens (tertiary/aromatic N) is 3. The van der Waals surface area contributed by atoms with Crippen LogP contribution in [-0.4, -0.2) is 15.1 Å². The molecule has 4 heteroatoms. The van der Waals surface area contributed by atoms with Crippen molar-refractivity contribution in [2.45, 2.75) is 6.42 Å². The van der Waals surface area contributed by atoms with Gasteiger partial charge in [-0.15, -0.1) is 0 Å². The van der Waals surface area contributed by atoms with Gasteiger partial charge in [0, 0.05) is 28.7 Å². The van der Waals surface area contributed by atoms with E-state index in [0.717, 1.165) is 46.1 Å². The number of para-hydroxylation sites is 2. The summed E-state index contributed by atoms with van der Waals surface area (Å²) in [6, 6.07) is 46.4. The number of phenols is 1. The summed E-state index contributed by atoms with van der Waals surface area (Å²) in [6.45, 7) is 0. The van der Waals surface area contributed by atoms with Crippen LogP contribution >= 0.6 is 0 Å². The standard InChI is InChI=1S/C35H27N3O/c39-33-19-8-7-18-31(33)32-22-21-28(24-26-12-3-1-4-13-26)35(37-32)27-14-11-17-30(25-27)38(29-15-5-2-6-16-29)34-20-9-10-23-36-34/h1-23,25,39H,24H2. The first-order chi connectivity index (χ1) is 19.3. The zero-order chi connectivity index (χ0) is 26.4. The molecule has 2 aromatic heterocycles. The third-order valence-corrected chi connectivity index (χ3v) is 6.67. The highest BCUT2D eigenvalue weighted by molar-refractivity contribution is 5.79. The molecule has 6 aromatic rings. The summed E-state index contributed by atoms with van der Waals surface area (Å²) in [5, 5.41) is 10.5. The Morgan fingerprint density at radius 2 is 1.33 bits per heavy atom. The normalized spacial score (nSPS) is 10.8. The van der Waals surface area contributed by atoms with Gasteiger partial charge in [0.05, 0.1) is 11.4 Å². The van der Waals surface area contributed by atoms with Crippen LogP contribution in [0.15, 0.2) is 146 Å². The Morgan fingerprint density at radius 1 is 0.615 bits per heavy atom. The van der Waals surface area contributed by atoms with E-state index >= 15 is 0 Å². The fourth-order valence-electron chi connectivity index (χ4n) is 4.81. The van der Waals surface area contributed by atoms with E-state index in [0.29, 0.717) is 5.56 Å². The molecule has 0 atom stereocenters. The summed E-state index contributed by atoms with van der Waals surface area (Å²) in [5.41, 5.74) is 7.65. The van der Waals surface area contributed by atoms with Crippen LogP contribution in [0, 0.1) is 0 Å². The first-order valence-electron chi connectivity index (χ1n) is 12.9. The van der Waals surface area contributed by atoms with Crippen molar-refractivity contribution in [3.8, 4) is 28.3 Å². The van der Waals surface area contributed by atoms with Crippen molar-refractivity contribution >= 4 is 17.2 Å². The highest BCUT2D eigenvalue weighted by atomic mass is 16.3. The number of phenolic OH excluding ortho intramolecular Hbond substituents is 1. The van der Waals surface area contributed by atoms with Gasteiger partial charge < -0.3 is 5.11 Å². The molecular weight excluding hydrogens is 478 g/mol. The van der Waals surface area contributed by atoms with Gasteiger partial charge in [-0.25, -0.2) is 9.97 Å². The van der Waals surface area contributed by atoms with E-state index in [1.54, 1.807) is 6.07 Å². The Balaban J connectivity index is 1.50. The second-order valence-electron chi connectivity index (χ2n) is 9.29. The third-order valence-electron chi connectivity index (χ3n) is 6.67. The van der Waals surface area contributed by atoms with E-state index in [1.165, 1.54) is 5.56 Å². The number of aromatic hydroxyl groups is 1. The SMILES string of the molecule is Oc1ccccc1-c1ccc(Cc2ccccc2)c(-c2cccc(N(c3ccccc3)c3ccccn3)c2)n1. The molecule has 0 aliphatic carbocycles. The number of aromatic nitrogens is 2. The molecule has 0 unspecified atom stereocenters. The molecule has 0 fully saturated rings. The lowest BCUT2D eigenvalue weighted by molar-refractivity contribution is 0.477. The van der Waals surface area contributed by atoms with E-state index in [-0.39, 0.29) is 5.75 Å². The predicted molar refractivity (Wildman–Crippen MR) is 158 cm³/mol. The van der Waals surface area contributed by atoms with Crippen LogP contribution in [-0.2, 0) is 6.42 Å². The molecule has 4 nitrogen and oxygen atoms in total. The quantitative estimate of drug-likeness (QED) is 0.236. The van der Waals surface area contributed by atoms with E-state index in [2.05, 4.69) is 76.6 Å². The van der Waals surface area contributed by atoms with Crippen molar-refractivity contribution in [3.05, 3.63) is 157 Å². The fraction of sp³-hybridized carbons (Fsp3) is 0.0286. The van der Waals surface area contributed by atoms with Gasteiger partial charge in [0.2, 0.25) is 0 Å². The Morgan fingerprint density at radius 3 is 2.10 bits per heavy atom. The highest BCUT2D eigenvalue weighted by Gasteiger charge is 2.17. The topological polar surface area (TPSA) is 49.2 Å². The Kier molecular flexibility index (Phi) is 6.83. The second kappa shape index (κ2) is 11.0. The summed E-state index contributed by atoms with van der Waals surface area (Å²) in [4.78, 5) is 11.9. The molecule has 0 bridgehead atoms. The van der Waals surface area contributed by atoms with E-state index in [4.69, 9.17) is 4.98 Å². The first kappa shape index (κ1) is 24.1. The van der Waals surface area contributed by atoms with Crippen molar-refractivity contribution < 1.29 is 5.11 Å². The van der Waals surface area contributed by atoms with Crippen LogP contribution in [0.1, 0.15) is 11.1 Å². The van der Waals surface area contributed by atoms with E-state index in [9.17, 15) is 5.11 Å². The predicted octanol–water partition coefficient (Wildman–Crippen LogP) is 8.58. The van der Waals surface area contributed by atoms with Crippen molar-refractivity contribution in [3.63, 3.8) is 0 Å². The van der Waals surface area contributed by atoms with Gasteiger partial charge in [0.15, 0.2) is 0 Å². The van der Waals surface area contributed by atoms with Crippen LogP contribution < -0.4 is 4.90 Å². The second-order valence-corrected chi connectivity index (χ2v) is 9.29. The molecule has 0 amide bonds. The third kappa shape index (κ3) is 5.27. The summed E-state index contributed by atoms with van der Waals surface area (Å²) in [7, 11) is 0. The molecular formula is C35H27N3O. The van der Waals surface area contributed by atoms with Gasteiger partial charge in [0.25, 0.3) is 0 Å². The first-order valence-corrected chi connectivity index (χ1v) is 12.9. The zero-order valence-corrected chi connectivity index (χ0v) is 21.4. The Labute approximate surface area is 228 Å². The molecule has 0 aliphatic rings. The molecule has 0 saturated carbocycles. The van der Waals surface area contributed by atoms with E-state index < -0.39 is 0 Å². The zero-order valence-electron chi connectivity index (χ0n) is 21.4. The van der Waals surface area contributed by atoms with E-state index in [1.807, 2.05) is 72.9 Å². The summed E-state index contributed by atoms with van der Waals surface area (Å²) in [6.07, 6.45) is 2.56. The highest BCUT2D eigenvalue weighted by Crippen LogP contribution is 2.37. The minimum absolute atomic E-state index is 0.214. The Hall–Kier alpha value is -5.22. The molecule has 188 valence electrons. The molecule has 0 radical (unpaired) electrons. The summed E-state index contributed by atoms with van der Waals surface area (Å²) in [5.74, 6) is 1.05. The minimum atomic E-state index is 0.214. The van der Waals surface area contributed by atoms with Gasteiger partial charge in [0.1, 0.15) is 11.6 Å². The average molecular weight is 506 g/mol. The molecule has 0 aliphatic heterocycles. The van der Waals surface area contributed by atoms with Gasteiger partial charge in [-0.05, 0) is 72.1 Å². The number of hydrogen-bond acceptors (Lipinski definition) is 4. The number of anilines is 3. The fourth-order valence-corrected chi connectivity index (χ4v) is 4.81. The van der Waals surface area contributed by atoms with Gasteiger partial charge in [-0.1, -0.05) is 84.9 Å². The van der Waals surface area contributed by atoms with Crippen LogP contribution in [0.25, 0.3) is 22.5 Å². The van der Waals surface area contributed by atoms with Crippen LogP contribution in [0.3, 0.4) is 0 Å². The van der Waals surface area contributed by atoms with Crippen molar-refractivity contribution in [1.29, 1.82) is 0 Å². The van der Waals surface area contributed by atoms with Crippen LogP contribution in [0.5, 0.6) is 5.75 Å². The number of hydrogen-bond donors (Lipinski definition) is 1. The molecule has 2 heterocycles. The number of benzene rings is 4. The average Bonchev–Trinajstić information content (AvgIpc) is 3.00. The summed E-state index contributed by atoms with van der Waals surface area (Å²) >= 11 is 0. The van der Waals surface area contributed by atoms with Crippen LogP contribution in [0.2, 0.25) is 0 Å². The van der Waals surface area contributed by atoms with Crippen molar-refractivity contribution in [1.82, 2.24) is 9.97 Å². The monoisotopic (exact) mass is 505 g/mol. The maximum Gasteiger partial charge on any atom is 0.137 e. The van der Waals surface area contributed by atoms with Crippen molar-refractivity contribution in [2.24, 2.45) is 0 Å². The molecule has 4 aromatic carbocycles. The van der Waals surface area contributed by atoms with Crippen molar-refractivity contribution in [2.75, 3.05) is 4.90 Å². The number of rotatable bonds is 7. The lowest BCUT2D eigenvalue weighted by Gasteiger charge is -2.24. The summed E-state index contributed by atoms with van der Waals surface area (Å²) < 4.78 is 0. The van der Waals surface area contributed by atoms with Crippen LogP contribution in [0.4, 0.5) is 17.2 Å². The maximum atomic E-state index is 10.5.